The lowest BCUT2D eigenvalue weighted by Gasteiger charge is -2.11. The number of carboxylic acid groups (broad SMARTS) is 4. The van der Waals surface area contributed by atoms with E-state index in [9.17, 15) is 0 Å². The van der Waals surface area contributed by atoms with E-state index in [2.05, 4.69) is 21.5 Å². The van der Waals surface area contributed by atoms with Crippen molar-refractivity contribution in [3.63, 3.8) is 0 Å². The molecule has 0 spiro atoms. The van der Waals surface area contributed by atoms with E-state index in [4.69, 9.17) is 39.6 Å². The molecule has 156 valence electrons. The number of hydrogen-bond donors (Lipinski definition) is 8. The minimum absolute atomic E-state index is 0.833. The van der Waals surface area contributed by atoms with Gasteiger partial charge < -0.3 is 31.1 Å². The SMILES string of the molecule is C1CNCCNNCCN1.CC(=O)O.CC(=O)O.CC(=O)O.CC(=O)O. The highest BCUT2D eigenvalue weighted by molar-refractivity contribution is 5.63. The van der Waals surface area contributed by atoms with Crippen LogP contribution in [0.25, 0.3) is 0 Å². The summed E-state index contributed by atoms with van der Waals surface area (Å²) in [6, 6.07) is 0. The summed E-state index contributed by atoms with van der Waals surface area (Å²) in [6.07, 6.45) is 0. The van der Waals surface area contributed by atoms with Crippen LogP contribution in [0.15, 0.2) is 0 Å². The Bertz CT molecular complexity index is 270. The Balaban J connectivity index is -0.000000129. The lowest BCUT2D eigenvalue weighted by molar-refractivity contribution is -0.135. The largest absolute Gasteiger partial charge is 0.481 e. The van der Waals surface area contributed by atoms with Crippen molar-refractivity contribution in [2.24, 2.45) is 0 Å². The number of hydrogen-bond acceptors (Lipinski definition) is 8. The fourth-order valence-electron chi connectivity index (χ4n) is 0.905. The molecule has 0 unspecified atom stereocenters. The van der Waals surface area contributed by atoms with Gasteiger partial charge in [-0.1, -0.05) is 0 Å². The standard InChI is InChI=1S/C6H16N4.4C2H4O2/c1-2-8-4-6-10-9-5-3-7-1;4*1-2(3)4/h7-10H,1-6H2;4*1H3,(H,3,4). The smallest absolute Gasteiger partial charge is 0.300 e. The van der Waals surface area contributed by atoms with Crippen molar-refractivity contribution in [3.8, 4) is 0 Å². The Labute approximate surface area is 152 Å². The van der Waals surface area contributed by atoms with E-state index in [-0.39, 0.29) is 0 Å². The van der Waals surface area contributed by atoms with Gasteiger partial charge in [0.05, 0.1) is 0 Å². The summed E-state index contributed by atoms with van der Waals surface area (Å²) < 4.78 is 0. The molecule has 1 aliphatic rings. The third-order valence-electron chi connectivity index (χ3n) is 1.46. The molecule has 0 aliphatic carbocycles. The van der Waals surface area contributed by atoms with Crippen LogP contribution in [0.2, 0.25) is 0 Å². The predicted octanol–water partition coefficient (Wildman–Crippen LogP) is -1.36. The number of nitrogens with one attached hydrogen (secondary N) is 4. The molecule has 0 atom stereocenters. The van der Waals surface area contributed by atoms with E-state index < -0.39 is 23.9 Å². The van der Waals surface area contributed by atoms with Crippen LogP contribution in [0, 0.1) is 0 Å². The summed E-state index contributed by atoms with van der Waals surface area (Å²) in [5.74, 6) is -3.33. The second kappa shape index (κ2) is 27.6. The molecule has 8 N–H and O–H groups in total. The van der Waals surface area contributed by atoms with Crippen LogP contribution in [0.4, 0.5) is 0 Å². The number of carbonyl (C=O) groups is 4. The fraction of sp³-hybridized carbons (Fsp3) is 0.714. The second-order valence-corrected chi connectivity index (χ2v) is 4.43. The zero-order chi connectivity index (χ0) is 21.4. The van der Waals surface area contributed by atoms with Crippen molar-refractivity contribution >= 4 is 23.9 Å². The molecule has 1 rings (SSSR count). The number of rotatable bonds is 0. The Morgan fingerprint density at radius 1 is 0.500 bits per heavy atom. The Hall–Kier alpha value is -2.28. The molecule has 0 aromatic heterocycles. The highest BCUT2D eigenvalue weighted by Gasteiger charge is 1.91. The van der Waals surface area contributed by atoms with Crippen LogP contribution in [0.1, 0.15) is 27.7 Å². The van der Waals surface area contributed by atoms with Gasteiger partial charge in [0.15, 0.2) is 0 Å². The Morgan fingerprint density at radius 3 is 0.846 bits per heavy atom. The molecule has 1 heterocycles. The van der Waals surface area contributed by atoms with Crippen molar-refractivity contribution in [1.29, 1.82) is 0 Å². The highest BCUT2D eigenvalue weighted by Crippen LogP contribution is 1.63. The molecule has 12 nitrogen and oxygen atoms in total. The highest BCUT2D eigenvalue weighted by atomic mass is 16.4. The molecular weight excluding hydrogens is 352 g/mol. The van der Waals surface area contributed by atoms with Gasteiger partial charge in [-0.25, -0.2) is 0 Å². The molecule has 0 bridgehead atoms. The number of carboxylic acids is 4. The summed E-state index contributed by atoms with van der Waals surface area (Å²) >= 11 is 0. The lowest BCUT2D eigenvalue weighted by atomic mass is 10.5. The summed E-state index contributed by atoms with van der Waals surface area (Å²) in [4.78, 5) is 36.0. The molecule has 1 aliphatic heterocycles. The van der Waals surface area contributed by atoms with Crippen LogP contribution in [0.5, 0.6) is 0 Å². The van der Waals surface area contributed by atoms with E-state index in [1.165, 1.54) is 0 Å². The molecule has 0 saturated carbocycles. The summed E-state index contributed by atoms with van der Waals surface area (Å²) in [5, 5.41) is 36.2. The molecule has 0 amide bonds. The molecule has 1 fully saturated rings. The van der Waals surface area contributed by atoms with Crippen LogP contribution in [0.3, 0.4) is 0 Å². The summed E-state index contributed by atoms with van der Waals surface area (Å²) in [6.45, 7) is 10.5. The topological polar surface area (TPSA) is 197 Å². The van der Waals surface area contributed by atoms with Crippen LogP contribution in [-0.2, 0) is 19.2 Å². The van der Waals surface area contributed by atoms with Gasteiger partial charge in [-0.3, -0.25) is 30.0 Å². The molecule has 0 radical (unpaired) electrons. The lowest BCUT2D eigenvalue weighted by Crippen LogP contribution is -2.44. The molecule has 0 aromatic carbocycles. The van der Waals surface area contributed by atoms with Gasteiger partial charge >= 0.3 is 0 Å². The van der Waals surface area contributed by atoms with Gasteiger partial charge in [0.1, 0.15) is 0 Å². The normalized spacial score (nSPS) is 13.1. The number of hydrazine groups is 1. The fourth-order valence-corrected chi connectivity index (χ4v) is 0.905. The average molecular weight is 384 g/mol. The third kappa shape index (κ3) is 156. The quantitative estimate of drug-likeness (QED) is 0.244. The van der Waals surface area contributed by atoms with Crippen LogP contribution >= 0.6 is 0 Å². The van der Waals surface area contributed by atoms with E-state index in [0.717, 1.165) is 67.0 Å². The zero-order valence-corrected chi connectivity index (χ0v) is 15.7. The summed E-state index contributed by atoms with van der Waals surface area (Å²) in [7, 11) is 0. The number of aliphatic carboxylic acids is 4. The van der Waals surface area contributed by atoms with Crippen molar-refractivity contribution in [1.82, 2.24) is 21.5 Å². The monoisotopic (exact) mass is 384 g/mol. The first-order chi connectivity index (χ1) is 11.9. The van der Waals surface area contributed by atoms with Crippen molar-refractivity contribution in [3.05, 3.63) is 0 Å². The molecule has 26 heavy (non-hydrogen) atoms. The van der Waals surface area contributed by atoms with E-state index in [1.54, 1.807) is 0 Å². The Kier molecular flexibility index (Phi) is 33.4. The predicted molar refractivity (Wildman–Crippen MR) is 95.0 cm³/mol. The van der Waals surface area contributed by atoms with Crippen molar-refractivity contribution in [2.75, 3.05) is 39.3 Å². The van der Waals surface area contributed by atoms with E-state index in [1.807, 2.05) is 0 Å². The van der Waals surface area contributed by atoms with Crippen LogP contribution < -0.4 is 21.5 Å². The third-order valence-corrected chi connectivity index (χ3v) is 1.46. The zero-order valence-electron chi connectivity index (χ0n) is 15.7. The minimum atomic E-state index is -0.833. The maximum absolute atomic E-state index is 9.00. The van der Waals surface area contributed by atoms with Gasteiger partial charge in [-0.2, -0.15) is 0 Å². The van der Waals surface area contributed by atoms with Gasteiger partial charge in [0.2, 0.25) is 0 Å². The minimum Gasteiger partial charge on any atom is -0.481 e. The maximum Gasteiger partial charge on any atom is 0.300 e. The van der Waals surface area contributed by atoms with Crippen molar-refractivity contribution in [2.45, 2.75) is 27.7 Å². The second-order valence-electron chi connectivity index (χ2n) is 4.43. The first kappa shape index (κ1) is 31.5. The van der Waals surface area contributed by atoms with Gasteiger partial charge in [0, 0.05) is 67.0 Å². The Morgan fingerprint density at radius 2 is 0.654 bits per heavy atom. The first-order valence-electron chi connectivity index (χ1n) is 7.58. The van der Waals surface area contributed by atoms with Crippen molar-refractivity contribution < 1.29 is 39.6 Å². The summed E-state index contributed by atoms with van der Waals surface area (Å²) in [5.41, 5.74) is 6.20. The average Bonchev–Trinajstić information content (AvgIpc) is 2.43. The van der Waals surface area contributed by atoms with Gasteiger partial charge in [-0.15, -0.1) is 0 Å². The maximum atomic E-state index is 9.00. The first-order valence-corrected chi connectivity index (χ1v) is 7.58. The van der Waals surface area contributed by atoms with E-state index in [0.29, 0.717) is 0 Å². The molecular formula is C14H32N4O8. The molecule has 0 aromatic rings. The van der Waals surface area contributed by atoms with Gasteiger partial charge in [-0.05, 0) is 0 Å². The van der Waals surface area contributed by atoms with E-state index >= 15 is 0 Å². The molecule has 12 heteroatoms. The van der Waals surface area contributed by atoms with Crippen LogP contribution in [-0.4, -0.2) is 83.6 Å². The van der Waals surface area contributed by atoms with Gasteiger partial charge in [0.25, 0.3) is 23.9 Å². The molecule has 1 saturated heterocycles.